The van der Waals surface area contributed by atoms with Crippen LogP contribution in [0.15, 0.2) is 88.1 Å². The highest BCUT2D eigenvalue weighted by Crippen LogP contribution is 2.28. The number of imide groups is 1. The number of aryl methyl sites for hydroxylation is 1. The summed E-state index contributed by atoms with van der Waals surface area (Å²) < 4.78 is 11.1. The average Bonchev–Trinajstić information content (AvgIpc) is 3.34. The van der Waals surface area contributed by atoms with Crippen molar-refractivity contribution >= 4 is 17.9 Å². The van der Waals surface area contributed by atoms with E-state index in [-0.39, 0.29) is 12.1 Å². The van der Waals surface area contributed by atoms with Crippen LogP contribution in [0.4, 0.5) is 0 Å². The minimum atomic E-state index is -0.617. The first kappa shape index (κ1) is 21.8. The molecule has 2 amide bonds. The lowest BCUT2D eigenvalue weighted by Gasteiger charge is -2.26. The molecule has 0 saturated carbocycles. The number of benzene rings is 2. The Labute approximate surface area is 192 Å². The summed E-state index contributed by atoms with van der Waals surface area (Å²) in [6.45, 7) is 4.07. The fourth-order valence-electron chi connectivity index (χ4n) is 3.51. The zero-order valence-electron chi connectivity index (χ0n) is 18.4. The maximum absolute atomic E-state index is 13.1. The normalized spacial score (nSPS) is 15.2. The Bertz CT molecular complexity index is 1280. The standard InChI is InChI=1S/C27H22N2O4/c1-18-5-7-21(8-6-18)17-33-22-11-9-20(10-12-22)14-24-19(2)25(15-28)27(31)29(26(24)30)16-23-4-3-13-32-23/h3-14H,16-17H2,1-2H3/b24-14+. The van der Waals surface area contributed by atoms with Crippen LogP contribution < -0.4 is 4.74 Å². The molecule has 6 heteroatoms. The van der Waals surface area contributed by atoms with Crippen LogP contribution in [0.2, 0.25) is 0 Å². The lowest BCUT2D eigenvalue weighted by Crippen LogP contribution is -2.42. The topological polar surface area (TPSA) is 83.5 Å². The van der Waals surface area contributed by atoms with E-state index < -0.39 is 11.8 Å². The molecule has 4 rings (SSSR count). The molecule has 0 saturated heterocycles. The van der Waals surface area contributed by atoms with E-state index in [2.05, 4.69) is 0 Å². The van der Waals surface area contributed by atoms with Gasteiger partial charge < -0.3 is 9.15 Å². The van der Waals surface area contributed by atoms with Crippen molar-refractivity contribution in [2.24, 2.45) is 0 Å². The Balaban J connectivity index is 1.55. The average molecular weight is 438 g/mol. The van der Waals surface area contributed by atoms with E-state index in [1.54, 1.807) is 25.1 Å². The first-order valence-corrected chi connectivity index (χ1v) is 10.5. The molecule has 0 spiro atoms. The predicted octanol–water partition coefficient (Wildman–Crippen LogP) is 4.96. The predicted molar refractivity (Wildman–Crippen MR) is 123 cm³/mol. The first-order chi connectivity index (χ1) is 16.0. The number of carbonyl (C=O) groups excluding carboxylic acids is 2. The number of nitrogens with zero attached hydrogens (tertiary/aromatic N) is 2. The highest BCUT2D eigenvalue weighted by molar-refractivity contribution is 6.19. The molecule has 3 aromatic rings. The molecule has 0 aliphatic carbocycles. The number of amides is 2. The van der Waals surface area contributed by atoms with E-state index in [9.17, 15) is 14.9 Å². The van der Waals surface area contributed by atoms with E-state index in [0.29, 0.717) is 29.3 Å². The first-order valence-electron chi connectivity index (χ1n) is 10.5. The van der Waals surface area contributed by atoms with Crippen LogP contribution in [-0.2, 0) is 22.7 Å². The summed E-state index contributed by atoms with van der Waals surface area (Å²) in [6.07, 6.45) is 3.15. The van der Waals surface area contributed by atoms with Gasteiger partial charge in [0.2, 0.25) is 0 Å². The number of nitriles is 1. The van der Waals surface area contributed by atoms with Crippen LogP contribution in [0, 0.1) is 18.3 Å². The van der Waals surface area contributed by atoms with E-state index in [1.807, 2.05) is 61.5 Å². The molecule has 1 aliphatic rings. The number of rotatable bonds is 6. The van der Waals surface area contributed by atoms with Crippen LogP contribution in [-0.4, -0.2) is 16.7 Å². The monoisotopic (exact) mass is 438 g/mol. The minimum Gasteiger partial charge on any atom is -0.489 e. The summed E-state index contributed by atoms with van der Waals surface area (Å²) in [7, 11) is 0. The zero-order chi connectivity index (χ0) is 23.4. The van der Waals surface area contributed by atoms with Crippen LogP contribution in [0.1, 0.15) is 29.4 Å². The Morgan fingerprint density at radius 2 is 1.73 bits per heavy atom. The van der Waals surface area contributed by atoms with Crippen molar-refractivity contribution in [2.45, 2.75) is 27.0 Å². The molecule has 0 unspecified atom stereocenters. The van der Waals surface area contributed by atoms with E-state index in [1.165, 1.54) is 11.8 Å². The van der Waals surface area contributed by atoms with Crippen molar-refractivity contribution in [3.8, 4) is 11.8 Å². The van der Waals surface area contributed by atoms with Gasteiger partial charge >= 0.3 is 0 Å². The second kappa shape index (κ2) is 9.41. The highest BCUT2D eigenvalue weighted by Gasteiger charge is 2.35. The molecule has 0 radical (unpaired) electrons. The molecule has 0 bridgehead atoms. The van der Waals surface area contributed by atoms with Gasteiger partial charge in [0.1, 0.15) is 29.8 Å². The van der Waals surface area contributed by atoms with Crippen molar-refractivity contribution in [2.75, 3.05) is 0 Å². The Morgan fingerprint density at radius 3 is 2.36 bits per heavy atom. The van der Waals surface area contributed by atoms with E-state index >= 15 is 0 Å². The zero-order valence-corrected chi connectivity index (χ0v) is 18.4. The Hall–Kier alpha value is -4.37. The summed E-state index contributed by atoms with van der Waals surface area (Å²) in [4.78, 5) is 26.8. The van der Waals surface area contributed by atoms with Crippen LogP contribution in [0.5, 0.6) is 5.75 Å². The van der Waals surface area contributed by atoms with Gasteiger partial charge in [0.15, 0.2) is 0 Å². The van der Waals surface area contributed by atoms with Crippen molar-refractivity contribution < 1.29 is 18.7 Å². The Morgan fingerprint density at radius 1 is 1.00 bits per heavy atom. The van der Waals surface area contributed by atoms with Crippen molar-refractivity contribution in [3.63, 3.8) is 0 Å². The van der Waals surface area contributed by atoms with Gasteiger partial charge in [-0.1, -0.05) is 42.0 Å². The third-order valence-electron chi connectivity index (χ3n) is 5.44. The molecule has 0 fully saturated rings. The summed E-state index contributed by atoms with van der Waals surface area (Å²) in [5.74, 6) is 0.0799. The molecule has 6 nitrogen and oxygen atoms in total. The highest BCUT2D eigenvalue weighted by atomic mass is 16.5. The number of carbonyl (C=O) groups is 2. The van der Waals surface area contributed by atoms with Gasteiger partial charge in [0, 0.05) is 5.57 Å². The third kappa shape index (κ3) is 4.78. The van der Waals surface area contributed by atoms with E-state index in [4.69, 9.17) is 9.15 Å². The van der Waals surface area contributed by atoms with E-state index in [0.717, 1.165) is 16.0 Å². The minimum absolute atomic E-state index is 0.0355. The second-order valence-electron chi connectivity index (χ2n) is 7.79. The number of ether oxygens (including phenoxy) is 1. The quantitative estimate of drug-likeness (QED) is 0.401. The van der Waals surface area contributed by atoms with Crippen molar-refractivity contribution in [3.05, 3.63) is 106 Å². The van der Waals surface area contributed by atoms with Gasteiger partial charge in [0.25, 0.3) is 11.8 Å². The fraction of sp³-hybridized carbons (Fsp3) is 0.148. The van der Waals surface area contributed by atoms with Crippen LogP contribution in [0.25, 0.3) is 6.08 Å². The number of hydrogen-bond acceptors (Lipinski definition) is 5. The van der Waals surface area contributed by atoms with Gasteiger partial charge in [0.05, 0.1) is 12.8 Å². The molecule has 1 aromatic heterocycles. The molecule has 2 aromatic carbocycles. The molecule has 1 aliphatic heterocycles. The summed E-state index contributed by atoms with van der Waals surface area (Å²) >= 11 is 0. The molecule has 164 valence electrons. The number of furan rings is 1. The Kier molecular flexibility index (Phi) is 6.23. The van der Waals surface area contributed by atoms with Crippen LogP contribution >= 0.6 is 0 Å². The largest absolute Gasteiger partial charge is 0.489 e. The van der Waals surface area contributed by atoms with Gasteiger partial charge in [-0.3, -0.25) is 14.5 Å². The van der Waals surface area contributed by atoms with Crippen molar-refractivity contribution in [1.82, 2.24) is 4.90 Å². The lowest BCUT2D eigenvalue weighted by atomic mass is 9.93. The SMILES string of the molecule is CC1=C(C#N)C(=O)N(Cc2ccco2)C(=O)/C1=C/c1ccc(OCc2ccc(C)cc2)cc1. The number of hydrogen-bond donors (Lipinski definition) is 0. The smallest absolute Gasteiger partial charge is 0.272 e. The van der Waals surface area contributed by atoms with Gasteiger partial charge in [-0.25, -0.2) is 0 Å². The molecular formula is C27H22N2O4. The third-order valence-corrected chi connectivity index (χ3v) is 5.44. The maximum atomic E-state index is 13.1. The maximum Gasteiger partial charge on any atom is 0.272 e. The second-order valence-corrected chi connectivity index (χ2v) is 7.79. The molecule has 33 heavy (non-hydrogen) atoms. The van der Waals surface area contributed by atoms with Gasteiger partial charge in [-0.2, -0.15) is 5.26 Å². The summed E-state index contributed by atoms with van der Waals surface area (Å²) in [5, 5.41) is 9.52. The van der Waals surface area contributed by atoms with Gasteiger partial charge in [-0.15, -0.1) is 0 Å². The lowest BCUT2D eigenvalue weighted by molar-refractivity contribution is -0.141. The summed E-state index contributed by atoms with van der Waals surface area (Å²) in [5.41, 5.74) is 3.64. The van der Waals surface area contributed by atoms with Crippen LogP contribution in [0.3, 0.4) is 0 Å². The van der Waals surface area contributed by atoms with Gasteiger partial charge in [-0.05, 0) is 60.9 Å². The molecular weight excluding hydrogens is 416 g/mol. The molecule has 2 heterocycles. The fourth-order valence-corrected chi connectivity index (χ4v) is 3.51. The molecule has 0 atom stereocenters. The summed E-state index contributed by atoms with van der Waals surface area (Å²) in [6, 6.07) is 20.7. The van der Waals surface area contributed by atoms with Crippen molar-refractivity contribution in [1.29, 1.82) is 5.26 Å². The molecule has 0 N–H and O–H groups in total.